The van der Waals surface area contributed by atoms with Gasteiger partial charge in [0.05, 0.1) is 3.79 Å². The van der Waals surface area contributed by atoms with E-state index in [-0.39, 0.29) is 5.92 Å². The molecule has 2 nitrogen and oxygen atoms in total. The highest BCUT2D eigenvalue weighted by atomic mass is 79.9. The van der Waals surface area contributed by atoms with Gasteiger partial charge < -0.3 is 0 Å². The Morgan fingerprint density at radius 2 is 2.24 bits per heavy atom. The van der Waals surface area contributed by atoms with E-state index in [2.05, 4.69) is 46.8 Å². The average molecular weight is 316 g/mol. The normalized spacial score (nSPS) is 26.4. The van der Waals surface area contributed by atoms with Crippen molar-refractivity contribution in [1.82, 2.24) is 4.90 Å². The van der Waals surface area contributed by atoms with Gasteiger partial charge in [-0.15, -0.1) is 11.3 Å². The second-order valence-electron chi connectivity index (χ2n) is 4.74. The van der Waals surface area contributed by atoms with E-state index in [0.717, 1.165) is 25.9 Å². The maximum absolute atomic E-state index is 11.6. The van der Waals surface area contributed by atoms with Crippen molar-refractivity contribution < 1.29 is 4.79 Å². The van der Waals surface area contributed by atoms with Gasteiger partial charge in [-0.1, -0.05) is 6.92 Å². The van der Waals surface area contributed by atoms with Crippen LogP contribution in [-0.4, -0.2) is 29.8 Å². The molecular weight excluding hydrogens is 298 g/mol. The highest BCUT2D eigenvalue weighted by Crippen LogP contribution is 2.24. The summed E-state index contributed by atoms with van der Waals surface area (Å²) in [5.41, 5.74) is 0. The van der Waals surface area contributed by atoms with Crippen LogP contribution in [0.4, 0.5) is 0 Å². The SMILES string of the molecule is CC1C(=O)CCN(CCc2ccc(Br)s2)C1C. The van der Waals surface area contributed by atoms with Gasteiger partial charge >= 0.3 is 0 Å². The largest absolute Gasteiger partial charge is 0.299 e. The number of piperidine rings is 1. The number of ketones is 1. The molecule has 2 heterocycles. The summed E-state index contributed by atoms with van der Waals surface area (Å²) in [6.07, 6.45) is 1.81. The van der Waals surface area contributed by atoms with Crippen molar-refractivity contribution >= 4 is 33.0 Å². The standard InChI is InChI=1S/C13H18BrNOS/c1-9-10(2)15(8-6-12(9)16)7-5-11-3-4-13(14)17-11/h3-4,9-10H,5-8H2,1-2H3. The number of carbonyl (C=O) groups is 1. The highest BCUT2D eigenvalue weighted by Gasteiger charge is 2.30. The molecule has 1 fully saturated rings. The second-order valence-corrected chi connectivity index (χ2v) is 7.28. The monoisotopic (exact) mass is 315 g/mol. The molecule has 17 heavy (non-hydrogen) atoms. The van der Waals surface area contributed by atoms with Crippen LogP contribution in [0.25, 0.3) is 0 Å². The van der Waals surface area contributed by atoms with Crippen LogP contribution in [0.1, 0.15) is 25.1 Å². The van der Waals surface area contributed by atoms with Crippen LogP contribution in [0.15, 0.2) is 15.9 Å². The molecule has 0 spiro atoms. The summed E-state index contributed by atoms with van der Waals surface area (Å²) in [5, 5.41) is 0. The van der Waals surface area contributed by atoms with E-state index in [9.17, 15) is 4.79 Å². The van der Waals surface area contributed by atoms with Crippen LogP contribution in [-0.2, 0) is 11.2 Å². The van der Waals surface area contributed by atoms with Gasteiger partial charge in [0.2, 0.25) is 0 Å². The van der Waals surface area contributed by atoms with E-state index in [1.54, 1.807) is 11.3 Å². The van der Waals surface area contributed by atoms with Crippen molar-refractivity contribution in [3.05, 3.63) is 20.8 Å². The Bertz CT molecular complexity index is 404. The van der Waals surface area contributed by atoms with Crippen LogP contribution in [0, 0.1) is 5.92 Å². The van der Waals surface area contributed by atoms with Gasteiger partial charge in [-0.2, -0.15) is 0 Å². The Kier molecular flexibility index (Phi) is 4.39. The third kappa shape index (κ3) is 3.18. The highest BCUT2D eigenvalue weighted by molar-refractivity contribution is 9.11. The number of carbonyl (C=O) groups excluding carboxylic acids is 1. The van der Waals surface area contributed by atoms with E-state index in [0.29, 0.717) is 11.8 Å². The molecule has 0 radical (unpaired) electrons. The molecule has 94 valence electrons. The lowest BCUT2D eigenvalue weighted by molar-refractivity contribution is -0.127. The van der Waals surface area contributed by atoms with Crippen LogP contribution < -0.4 is 0 Å². The van der Waals surface area contributed by atoms with Gasteiger partial charge in [-0.3, -0.25) is 9.69 Å². The molecule has 1 aliphatic rings. The molecule has 1 aromatic rings. The number of nitrogens with zero attached hydrogens (tertiary/aromatic N) is 1. The fourth-order valence-corrected chi connectivity index (χ4v) is 3.80. The Labute approximate surface area is 115 Å². The van der Waals surface area contributed by atoms with Crippen molar-refractivity contribution in [2.75, 3.05) is 13.1 Å². The molecule has 1 saturated heterocycles. The molecule has 1 aromatic heterocycles. The second kappa shape index (κ2) is 5.63. The molecular formula is C13H18BrNOS. The van der Waals surface area contributed by atoms with Crippen molar-refractivity contribution in [1.29, 1.82) is 0 Å². The van der Waals surface area contributed by atoms with Gasteiger partial charge in [-0.25, -0.2) is 0 Å². The van der Waals surface area contributed by atoms with E-state index >= 15 is 0 Å². The topological polar surface area (TPSA) is 20.3 Å². The third-order valence-electron chi connectivity index (χ3n) is 3.73. The fourth-order valence-electron chi connectivity index (χ4n) is 2.33. The lowest BCUT2D eigenvalue weighted by Gasteiger charge is -2.36. The van der Waals surface area contributed by atoms with Crippen LogP contribution in [0.2, 0.25) is 0 Å². The number of halogens is 1. The number of rotatable bonds is 3. The molecule has 0 saturated carbocycles. The summed E-state index contributed by atoms with van der Waals surface area (Å²) in [6, 6.07) is 4.67. The number of hydrogen-bond donors (Lipinski definition) is 0. The molecule has 4 heteroatoms. The number of Topliss-reactive ketones (excluding diaryl/α,β-unsaturated/α-hetero) is 1. The van der Waals surface area contributed by atoms with E-state index in [4.69, 9.17) is 0 Å². The summed E-state index contributed by atoms with van der Waals surface area (Å²) >= 11 is 5.29. The molecule has 0 aliphatic carbocycles. The van der Waals surface area contributed by atoms with Gasteiger partial charge in [0, 0.05) is 36.3 Å². The number of hydrogen-bond acceptors (Lipinski definition) is 3. The van der Waals surface area contributed by atoms with Crippen LogP contribution in [0.5, 0.6) is 0 Å². The summed E-state index contributed by atoms with van der Waals surface area (Å²) in [4.78, 5) is 15.5. The number of thiophene rings is 1. The summed E-state index contributed by atoms with van der Waals surface area (Å²) in [5.74, 6) is 0.617. The summed E-state index contributed by atoms with van der Waals surface area (Å²) in [6.45, 7) is 6.22. The van der Waals surface area contributed by atoms with Crippen molar-refractivity contribution in [2.24, 2.45) is 5.92 Å². The molecule has 0 amide bonds. The zero-order chi connectivity index (χ0) is 12.4. The zero-order valence-corrected chi connectivity index (χ0v) is 12.7. The fraction of sp³-hybridized carbons (Fsp3) is 0.615. The van der Waals surface area contributed by atoms with Gasteiger partial charge in [0.25, 0.3) is 0 Å². The zero-order valence-electron chi connectivity index (χ0n) is 10.3. The van der Waals surface area contributed by atoms with Crippen LogP contribution in [0.3, 0.4) is 0 Å². The van der Waals surface area contributed by atoms with Crippen molar-refractivity contribution in [3.8, 4) is 0 Å². The Hall–Kier alpha value is -0.190. The van der Waals surface area contributed by atoms with Gasteiger partial charge in [-0.05, 0) is 41.4 Å². The van der Waals surface area contributed by atoms with Gasteiger partial charge in [0.15, 0.2) is 0 Å². The molecule has 2 rings (SSSR count). The minimum absolute atomic E-state index is 0.193. The quantitative estimate of drug-likeness (QED) is 0.852. The molecule has 0 aromatic carbocycles. The molecule has 0 bridgehead atoms. The number of likely N-dealkylation sites (tertiary alicyclic amines) is 1. The summed E-state index contributed by atoms with van der Waals surface area (Å²) in [7, 11) is 0. The Morgan fingerprint density at radius 1 is 1.47 bits per heavy atom. The molecule has 2 atom stereocenters. The third-order valence-corrected chi connectivity index (χ3v) is 5.41. The maximum atomic E-state index is 11.6. The first kappa shape index (κ1) is 13.2. The molecule has 2 unspecified atom stereocenters. The first-order valence-corrected chi connectivity index (χ1v) is 7.70. The average Bonchev–Trinajstić information content (AvgIpc) is 2.71. The Balaban J connectivity index is 1.89. The minimum atomic E-state index is 0.193. The smallest absolute Gasteiger partial charge is 0.138 e. The van der Waals surface area contributed by atoms with Crippen molar-refractivity contribution in [3.63, 3.8) is 0 Å². The predicted octanol–water partition coefficient (Wildman–Crippen LogP) is 3.35. The first-order chi connectivity index (χ1) is 8.08. The van der Waals surface area contributed by atoms with Gasteiger partial charge in [0.1, 0.15) is 5.78 Å². The lowest BCUT2D eigenvalue weighted by atomic mass is 9.90. The van der Waals surface area contributed by atoms with E-state index in [1.165, 1.54) is 8.66 Å². The van der Waals surface area contributed by atoms with Crippen molar-refractivity contribution in [2.45, 2.75) is 32.7 Å². The van der Waals surface area contributed by atoms with E-state index < -0.39 is 0 Å². The maximum Gasteiger partial charge on any atom is 0.138 e. The molecule has 0 N–H and O–H groups in total. The minimum Gasteiger partial charge on any atom is -0.299 e. The first-order valence-electron chi connectivity index (χ1n) is 6.09. The lowest BCUT2D eigenvalue weighted by Crippen LogP contribution is -2.47. The molecule has 1 aliphatic heterocycles. The predicted molar refractivity (Wildman–Crippen MR) is 75.5 cm³/mol. The van der Waals surface area contributed by atoms with Crippen LogP contribution >= 0.6 is 27.3 Å². The Morgan fingerprint density at radius 3 is 2.88 bits per heavy atom. The van der Waals surface area contributed by atoms with E-state index in [1.807, 2.05) is 0 Å². The summed E-state index contributed by atoms with van der Waals surface area (Å²) < 4.78 is 1.20.